The number of hydrogen-bond donors (Lipinski definition) is 0. The number of hydrogen-bond acceptors (Lipinski definition) is 6. The Morgan fingerprint density at radius 3 is 2.52 bits per heavy atom. The quantitative estimate of drug-likeness (QED) is 0.583. The van der Waals surface area contributed by atoms with Crippen LogP contribution in [0.5, 0.6) is 11.5 Å². The highest BCUT2D eigenvalue weighted by molar-refractivity contribution is 7.98. The molecule has 1 heterocycles. The van der Waals surface area contributed by atoms with Crippen LogP contribution in [0.1, 0.15) is 11.1 Å². The normalized spacial score (nSPS) is 11.4. The van der Waals surface area contributed by atoms with Crippen LogP contribution in [0.25, 0.3) is 5.69 Å². The first-order valence-corrected chi connectivity index (χ1v) is 8.75. The zero-order valence-electron chi connectivity index (χ0n) is 14.4. The average molecular weight is 396 g/mol. The molecular weight excluding hydrogens is 381 g/mol. The van der Waals surface area contributed by atoms with Gasteiger partial charge in [-0.1, -0.05) is 29.5 Å². The number of ether oxygens (including phenoxy) is 2. The molecule has 0 fully saturated rings. The number of nitrogens with zero attached hydrogens (tertiary/aromatic N) is 4. The van der Waals surface area contributed by atoms with Crippen LogP contribution in [0.15, 0.2) is 47.6 Å². The molecule has 0 aliphatic rings. The summed E-state index contributed by atoms with van der Waals surface area (Å²) >= 11 is 1.39. The first-order chi connectivity index (χ1) is 12.9. The van der Waals surface area contributed by atoms with Gasteiger partial charge in [0.1, 0.15) is 11.5 Å². The van der Waals surface area contributed by atoms with Crippen molar-refractivity contribution in [3.05, 3.63) is 53.6 Å². The minimum absolute atomic E-state index is 0.307. The van der Waals surface area contributed by atoms with Crippen LogP contribution in [0, 0.1) is 6.92 Å². The number of tetrazole rings is 1. The molecule has 142 valence electrons. The highest BCUT2D eigenvalue weighted by Crippen LogP contribution is 2.29. The van der Waals surface area contributed by atoms with Gasteiger partial charge in [-0.3, -0.25) is 0 Å². The number of aromatic nitrogens is 4. The van der Waals surface area contributed by atoms with Crippen molar-refractivity contribution in [2.45, 2.75) is 24.2 Å². The molecule has 6 nitrogen and oxygen atoms in total. The van der Waals surface area contributed by atoms with E-state index < -0.39 is 6.36 Å². The lowest BCUT2D eigenvalue weighted by Crippen LogP contribution is -2.17. The Bertz CT molecular complexity index is 913. The van der Waals surface area contributed by atoms with Gasteiger partial charge in [0.25, 0.3) is 0 Å². The maximum Gasteiger partial charge on any atom is 0.573 e. The van der Waals surface area contributed by atoms with Gasteiger partial charge in [0, 0.05) is 11.3 Å². The topological polar surface area (TPSA) is 62.1 Å². The Morgan fingerprint density at radius 2 is 1.85 bits per heavy atom. The predicted molar refractivity (Wildman–Crippen MR) is 93.1 cm³/mol. The summed E-state index contributed by atoms with van der Waals surface area (Å²) in [6, 6.07) is 11.2. The van der Waals surface area contributed by atoms with Crippen molar-refractivity contribution in [1.29, 1.82) is 0 Å². The molecule has 0 aliphatic heterocycles. The van der Waals surface area contributed by atoms with Crippen molar-refractivity contribution < 1.29 is 22.6 Å². The summed E-state index contributed by atoms with van der Waals surface area (Å²) in [5.41, 5.74) is 2.62. The number of methoxy groups -OCH3 is 1. The Hall–Kier alpha value is -2.75. The van der Waals surface area contributed by atoms with E-state index in [2.05, 4.69) is 20.3 Å². The van der Waals surface area contributed by atoms with E-state index in [1.54, 1.807) is 7.11 Å². The molecule has 0 bridgehead atoms. The van der Waals surface area contributed by atoms with E-state index >= 15 is 0 Å². The molecular formula is C17H15F3N4O2S. The summed E-state index contributed by atoms with van der Waals surface area (Å²) in [6.07, 6.45) is -4.73. The van der Waals surface area contributed by atoms with E-state index in [-0.39, 0.29) is 5.75 Å². The summed E-state index contributed by atoms with van der Waals surface area (Å²) in [7, 11) is 1.60. The fraction of sp³-hybridized carbons (Fsp3) is 0.235. The standard InChI is InChI=1S/C17H15F3N4O2S/c1-11-3-8-15(25-2)12(9-11)10-27-16-21-22-23-24(16)13-4-6-14(7-5-13)26-17(18,19)20/h3-9H,10H2,1-2H3. The van der Waals surface area contributed by atoms with Crippen molar-refractivity contribution in [2.75, 3.05) is 7.11 Å². The van der Waals surface area contributed by atoms with Crippen LogP contribution in [-0.4, -0.2) is 33.7 Å². The van der Waals surface area contributed by atoms with Crippen molar-refractivity contribution in [3.8, 4) is 17.2 Å². The molecule has 0 atom stereocenters. The molecule has 10 heteroatoms. The maximum atomic E-state index is 12.3. The molecule has 3 aromatic rings. The first kappa shape index (κ1) is 19.0. The Kier molecular flexibility index (Phi) is 5.54. The third-order valence-corrected chi connectivity index (χ3v) is 4.52. The molecule has 0 saturated heterocycles. The van der Waals surface area contributed by atoms with Crippen LogP contribution in [0.2, 0.25) is 0 Å². The van der Waals surface area contributed by atoms with E-state index in [0.29, 0.717) is 16.6 Å². The summed E-state index contributed by atoms with van der Waals surface area (Å²) in [4.78, 5) is 0. The molecule has 0 saturated carbocycles. The second-order valence-corrected chi connectivity index (χ2v) is 6.46. The summed E-state index contributed by atoms with van der Waals surface area (Å²) < 4.78 is 47.4. The lowest BCUT2D eigenvalue weighted by molar-refractivity contribution is -0.274. The van der Waals surface area contributed by atoms with Gasteiger partial charge in [-0.15, -0.1) is 18.3 Å². The Morgan fingerprint density at radius 1 is 1.11 bits per heavy atom. The number of rotatable bonds is 6. The van der Waals surface area contributed by atoms with Crippen molar-refractivity contribution in [3.63, 3.8) is 0 Å². The summed E-state index contributed by atoms with van der Waals surface area (Å²) in [5, 5.41) is 12.0. The van der Waals surface area contributed by atoms with Crippen molar-refractivity contribution in [2.24, 2.45) is 0 Å². The molecule has 0 radical (unpaired) electrons. The number of alkyl halides is 3. The minimum Gasteiger partial charge on any atom is -0.496 e. The number of thioether (sulfide) groups is 1. The highest BCUT2D eigenvalue weighted by Gasteiger charge is 2.31. The predicted octanol–water partition coefficient (Wildman–Crippen LogP) is 4.17. The SMILES string of the molecule is COc1ccc(C)cc1CSc1nnnn1-c1ccc(OC(F)(F)F)cc1. The second kappa shape index (κ2) is 7.87. The minimum atomic E-state index is -4.73. The van der Waals surface area contributed by atoms with E-state index in [1.165, 1.54) is 40.7 Å². The molecule has 0 spiro atoms. The average Bonchev–Trinajstić information content (AvgIpc) is 3.08. The highest BCUT2D eigenvalue weighted by atomic mass is 32.2. The number of aryl methyl sites for hydroxylation is 1. The van der Waals surface area contributed by atoms with E-state index in [0.717, 1.165) is 16.9 Å². The zero-order valence-corrected chi connectivity index (χ0v) is 15.2. The van der Waals surface area contributed by atoms with E-state index in [9.17, 15) is 13.2 Å². The molecule has 3 rings (SSSR count). The molecule has 0 unspecified atom stereocenters. The lowest BCUT2D eigenvalue weighted by Gasteiger charge is -2.10. The third-order valence-electron chi connectivity index (χ3n) is 3.55. The number of halogens is 3. The fourth-order valence-electron chi connectivity index (χ4n) is 2.38. The molecule has 27 heavy (non-hydrogen) atoms. The third kappa shape index (κ3) is 4.91. The van der Waals surface area contributed by atoms with E-state index in [1.807, 2.05) is 25.1 Å². The second-order valence-electron chi connectivity index (χ2n) is 5.52. The van der Waals surface area contributed by atoms with E-state index in [4.69, 9.17) is 4.74 Å². The number of benzene rings is 2. The van der Waals surface area contributed by atoms with Crippen LogP contribution >= 0.6 is 11.8 Å². The Balaban J connectivity index is 1.76. The monoisotopic (exact) mass is 396 g/mol. The van der Waals surface area contributed by atoms with Gasteiger partial charge in [0.05, 0.1) is 12.8 Å². The van der Waals surface area contributed by atoms with Gasteiger partial charge in [0.2, 0.25) is 5.16 Å². The van der Waals surface area contributed by atoms with Gasteiger partial charge in [-0.2, -0.15) is 4.68 Å². The first-order valence-electron chi connectivity index (χ1n) is 7.76. The van der Waals surface area contributed by atoms with Crippen molar-refractivity contribution in [1.82, 2.24) is 20.2 Å². The van der Waals surface area contributed by atoms with Gasteiger partial charge >= 0.3 is 6.36 Å². The lowest BCUT2D eigenvalue weighted by atomic mass is 10.1. The van der Waals surface area contributed by atoms with Crippen LogP contribution in [0.3, 0.4) is 0 Å². The molecule has 0 amide bonds. The van der Waals surface area contributed by atoms with Gasteiger partial charge < -0.3 is 9.47 Å². The van der Waals surface area contributed by atoms with Crippen molar-refractivity contribution >= 4 is 11.8 Å². The van der Waals surface area contributed by atoms with Crippen LogP contribution < -0.4 is 9.47 Å². The zero-order chi connectivity index (χ0) is 19.4. The fourth-order valence-corrected chi connectivity index (χ4v) is 3.25. The maximum absolute atomic E-state index is 12.3. The molecule has 0 N–H and O–H groups in total. The largest absolute Gasteiger partial charge is 0.573 e. The van der Waals surface area contributed by atoms with Crippen LogP contribution in [-0.2, 0) is 5.75 Å². The Labute approximate surface area is 157 Å². The van der Waals surface area contributed by atoms with Gasteiger partial charge in [-0.25, -0.2) is 0 Å². The van der Waals surface area contributed by atoms with Gasteiger partial charge in [0.15, 0.2) is 0 Å². The molecule has 1 aromatic heterocycles. The smallest absolute Gasteiger partial charge is 0.496 e. The molecule has 0 aliphatic carbocycles. The summed E-state index contributed by atoms with van der Waals surface area (Å²) in [5.74, 6) is 1.03. The van der Waals surface area contributed by atoms with Crippen LogP contribution in [0.4, 0.5) is 13.2 Å². The van der Waals surface area contributed by atoms with Gasteiger partial charge in [-0.05, 0) is 47.7 Å². The molecule has 2 aromatic carbocycles. The summed E-state index contributed by atoms with van der Waals surface area (Å²) in [6.45, 7) is 1.99.